The molecule has 1 saturated heterocycles. The molecule has 1 aromatic carbocycles. The van der Waals surface area contributed by atoms with E-state index in [-0.39, 0.29) is 24.4 Å². The summed E-state index contributed by atoms with van der Waals surface area (Å²) in [6, 6.07) is 1.78. The molecule has 3 atom stereocenters. The highest BCUT2D eigenvalue weighted by molar-refractivity contribution is 5.91. The number of nitrogens with one attached hydrogen (secondary N) is 2. The van der Waals surface area contributed by atoms with Crippen LogP contribution in [-0.2, 0) is 9.53 Å². The SMILES string of the molecule is C[C@@H]1C[NH+](CC(=O)Nc2ccc(F)c(F)c2F)C[C@H](C)O1. The number of benzene rings is 1. The predicted octanol–water partition coefficient (Wildman–Crippen LogP) is 0.734. The van der Waals surface area contributed by atoms with Crippen LogP contribution in [0.1, 0.15) is 13.8 Å². The molecule has 1 aliphatic heterocycles. The Kier molecular flexibility index (Phi) is 4.84. The Labute approximate surface area is 120 Å². The number of ether oxygens (including phenoxy) is 1. The minimum Gasteiger partial charge on any atom is -0.364 e. The van der Waals surface area contributed by atoms with Gasteiger partial charge in [-0.2, -0.15) is 0 Å². The van der Waals surface area contributed by atoms with Gasteiger partial charge in [0.2, 0.25) is 0 Å². The number of halogens is 3. The molecular formula is C14H18F3N2O2+. The Morgan fingerprint density at radius 2 is 1.86 bits per heavy atom. The topological polar surface area (TPSA) is 42.8 Å². The zero-order chi connectivity index (χ0) is 15.6. The molecule has 0 aromatic heterocycles. The third-order valence-corrected chi connectivity index (χ3v) is 3.34. The van der Waals surface area contributed by atoms with Gasteiger partial charge >= 0.3 is 0 Å². The van der Waals surface area contributed by atoms with E-state index in [4.69, 9.17) is 4.74 Å². The summed E-state index contributed by atoms with van der Waals surface area (Å²) in [5, 5.41) is 2.27. The third kappa shape index (κ3) is 3.95. The van der Waals surface area contributed by atoms with Crippen LogP contribution in [0, 0.1) is 17.5 Å². The minimum atomic E-state index is -1.59. The first kappa shape index (κ1) is 15.8. The van der Waals surface area contributed by atoms with Gasteiger partial charge in [0, 0.05) is 0 Å². The Bertz CT molecular complexity index is 529. The second-order valence-electron chi connectivity index (χ2n) is 5.36. The van der Waals surface area contributed by atoms with Crippen LogP contribution >= 0.6 is 0 Å². The van der Waals surface area contributed by atoms with Gasteiger partial charge in [-0.3, -0.25) is 4.79 Å². The van der Waals surface area contributed by atoms with Crippen LogP contribution in [0.2, 0.25) is 0 Å². The molecule has 1 aliphatic rings. The maximum Gasteiger partial charge on any atom is 0.279 e. The maximum atomic E-state index is 13.5. The molecule has 1 heterocycles. The van der Waals surface area contributed by atoms with Gasteiger partial charge in [-0.15, -0.1) is 0 Å². The van der Waals surface area contributed by atoms with Crippen molar-refractivity contribution >= 4 is 11.6 Å². The summed E-state index contributed by atoms with van der Waals surface area (Å²) in [6.45, 7) is 5.29. The van der Waals surface area contributed by atoms with E-state index in [0.717, 1.165) is 17.0 Å². The number of hydrogen-bond acceptors (Lipinski definition) is 2. The lowest BCUT2D eigenvalue weighted by Crippen LogP contribution is -3.16. The van der Waals surface area contributed by atoms with Gasteiger partial charge in [0.1, 0.15) is 25.3 Å². The molecule has 1 aromatic rings. The van der Waals surface area contributed by atoms with Crippen molar-refractivity contribution in [2.45, 2.75) is 26.1 Å². The zero-order valence-electron chi connectivity index (χ0n) is 11.9. The molecule has 2 rings (SSSR count). The third-order valence-electron chi connectivity index (χ3n) is 3.34. The van der Waals surface area contributed by atoms with Gasteiger partial charge in [0.25, 0.3) is 5.91 Å². The van der Waals surface area contributed by atoms with Gasteiger partial charge in [-0.05, 0) is 26.0 Å². The second kappa shape index (κ2) is 6.44. The predicted molar refractivity (Wildman–Crippen MR) is 70.5 cm³/mol. The number of carbonyl (C=O) groups is 1. The van der Waals surface area contributed by atoms with E-state index in [1.54, 1.807) is 0 Å². The Morgan fingerprint density at radius 3 is 2.48 bits per heavy atom. The Balaban J connectivity index is 1.97. The molecule has 2 N–H and O–H groups in total. The molecule has 116 valence electrons. The maximum absolute atomic E-state index is 13.5. The van der Waals surface area contributed by atoms with Crippen molar-refractivity contribution in [3.05, 3.63) is 29.6 Å². The summed E-state index contributed by atoms with van der Waals surface area (Å²) in [5.41, 5.74) is -0.354. The highest BCUT2D eigenvalue weighted by atomic mass is 19.2. The van der Waals surface area contributed by atoms with E-state index in [1.807, 2.05) is 13.8 Å². The fraction of sp³-hybridized carbons (Fsp3) is 0.500. The summed E-state index contributed by atoms with van der Waals surface area (Å²) in [6.07, 6.45) is 0.0769. The molecule has 0 aliphatic carbocycles. The standard InChI is InChI=1S/C14H17F3N2O2/c1-8-5-19(6-9(2)21-8)7-12(20)18-11-4-3-10(15)13(16)14(11)17/h3-4,8-9H,5-7H2,1-2H3,(H,18,20)/p+1/t8-,9+. The van der Waals surface area contributed by atoms with E-state index in [0.29, 0.717) is 13.1 Å². The molecule has 7 heteroatoms. The molecule has 1 amide bonds. The van der Waals surface area contributed by atoms with Crippen molar-refractivity contribution in [3.8, 4) is 0 Å². The number of hydrogen-bond donors (Lipinski definition) is 2. The first-order valence-corrected chi connectivity index (χ1v) is 6.79. The number of anilines is 1. The number of quaternary nitrogens is 1. The van der Waals surface area contributed by atoms with Crippen molar-refractivity contribution in [2.75, 3.05) is 25.0 Å². The monoisotopic (exact) mass is 303 g/mol. The van der Waals surface area contributed by atoms with Gasteiger partial charge in [0.15, 0.2) is 24.0 Å². The molecule has 21 heavy (non-hydrogen) atoms. The van der Waals surface area contributed by atoms with E-state index < -0.39 is 23.4 Å². The summed E-state index contributed by atoms with van der Waals surface area (Å²) < 4.78 is 44.9. The average molecular weight is 303 g/mol. The molecule has 1 fully saturated rings. The fourth-order valence-electron chi connectivity index (χ4n) is 2.58. The Hall–Kier alpha value is -1.60. The van der Waals surface area contributed by atoms with Crippen LogP contribution in [0.4, 0.5) is 18.9 Å². The fourth-order valence-corrected chi connectivity index (χ4v) is 2.58. The molecule has 1 unspecified atom stereocenters. The lowest BCUT2D eigenvalue weighted by Gasteiger charge is -2.31. The molecule has 0 radical (unpaired) electrons. The van der Waals surface area contributed by atoms with Crippen molar-refractivity contribution in [1.29, 1.82) is 0 Å². The quantitative estimate of drug-likeness (QED) is 0.809. The molecule has 0 bridgehead atoms. The molecule has 4 nitrogen and oxygen atoms in total. The van der Waals surface area contributed by atoms with Crippen molar-refractivity contribution in [1.82, 2.24) is 0 Å². The van der Waals surface area contributed by atoms with Gasteiger partial charge in [0.05, 0.1) is 5.69 Å². The van der Waals surface area contributed by atoms with Gasteiger partial charge in [-0.25, -0.2) is 13.2 Å². The Morgan fingerprint density at radius 1 is 1.24 bits per heavy atom. The lowest BCUT2D eigenvalue weighted by molar-refractivity contribution is -0.907. The van der Waals surface area contributed by atoms with Crippen LogP contribution < -0.4 is 10.2 Å². The van der Waals surface area contributed by atoms with Crippen molar-refractivity contribution < 1.29 is 27.6 Å². The van der Waals surface area contributed by atoms with E-state index in [9.17, 15) is 18.0 Å². The van der Waals surface area contributed by atoms with E-state index in [1.165, 1.54) is 0 Å². The number of carbonyl (C=O) groups excluding carboxylic acids is 1. The molecule has 0 spiro atoms. The molecule has 0 saturated carbocycles. The summed E-state index contributed by atoms with van der Waals surface area (Å²) in [4.78, 5) is 12.9. The van der Waals surface area contributed by atoms with Crippen molar-refractivity contribution in [3.63, 3.8) is 0 Å². The van der Waals surface area contributed by atoms with Crippen LogP contribution in [0.15, 0.2) is 12.1 Å². The normalized spacial score (nSPS) is 25.7. The van der Waals surface area contributed by atoms with Gasteiger partial charge < -0.3 is 15.0 Å². The first-order chi connectivity index (χ1) is 9.86. The number of rotatable bonds is 3. The minimum absolute atomic E-state index is 0.0385. The van der Waals surface area contributed by atoms with E-state index in [2.05, 4.69) is 5.32 Å². The van der Waals surface area contributed by atoms with Crippen LogP contribution in [-0.4, -0.2) is 37.7 Å². The lowest BCUT2D eigenvalue weighted by atomic mass is 10.2. The van der Waals surface area contributed by atoms with Crippen LogP contribution in [0.5, 0.6) is 0 Å². The number of amides is 1. The highest BCUT2D eigenvalue weighted by Crippen LogP contribution is 2.19. The summed E-state index contributed by atoms with van der Waals surface area (Å²) in [5.74, 6) is -4.71. The summed E-state index contributed by atoms with van der Waals surface area (Å²) in [7, 11) is 0. The van der Waals surface area contributed by atoms with Crippen LogP contribution in [0.3, 0.4) is 0 Å². The first-order valence-electron chi connectivity index (χ1n) is 6.79. The zero-order valence-corrected chi connectivity index (χ0v) is 11.9. The smallest absolute Gasteiger partial charge is 0.279 e. The average Bonchev–Trinajstić information content (AvgIpc) is 2.38. The van der Waals surface area contributed by atoms with E-state index >= 15 is 0 Å². The molecular weight excluding hydrogens is 285 g/mol. The largest absolute Gasteiger partial charge is 0.364 e. The van der Waals surface area contributed by atoms with Crippen molar-refractivity contribution in [2.24, 2.45) is 0 Å². The highest BCUT2D eigenvalue weighted by Gasteiger charge is 2.27. The van der Waals surface area contributed by atoms with Gasteiger partial charge in [-0.1, -0.05) is 0 Å². The second-order valence-corrected chi connectivity index (χ2v) is 5.36. The van der Waals surface area contributed by atoms with Crippen LogP contribution in [0.25, 0.3) is 0 Å². The summed E-state index contributed by atoms with van der Waals surface area (Å²) >= 11 is 0. The number of morpholine rings is 1.